The van der Waals surface area contributed by atoms with Crippen molar-refractivity contribution in [1.82, 2.24) is 9.78 Å². The lowest BCUT2D eigenvalue weighted by Crippen LogP contribution is -2.17. The number of amides is 1. The average molecular weight is 327 g/mol. The fourth-order valence-corrected chi connectivity index (χ4v) is 3.48. The molecule has 24 heavy (non-hydrogen) atoms. The summed E-state index contributed by atoms with van der Waals surface area (Å²) >= 11 is 0. The molecule has 1 N–H and O–H groups in total. The number of nitrogens with zero attached hydrogens (tertiary/aromatic N) is 2. The van der Waals surface area contributed by atoms with Crippen LogP contribution in [0.5, 0.6) is 11.5 Å². The summed E-state index contributed by atoms with van der Waals surface area (Å²) in [5.41, 5.74) is 2.24. The van der Waals surface area contributed by atoms with Gasteiger partial charge in [0.25, 0.3) is 5.91 Å². The highest BCUT2D eigenvalue weighted by molar-refractivity contribution is 6.05. The lowest BCUT2D eigenvalue weighted by atomic mass is 10.2. The lowest BCUT2D eigenvalue weighted by Gasteiger charge is -2.19. The monoisotopic (exact) mass is 327 g/mol. The van der Waals surface area contributed by atoms with Crippen LogP contribution in [-0.4, -0.2) is 28.9 Å². The van der Waals surface area contributed by atoms with Crippen molar-refractivity contribution in [2.24, 2.45) is 0 Å². The van der Waals surface area contributed by atoms with E-state index in [1.807, 2.05) is 23.7 Å². The quantitative estimate of drug-likeness (QED) is 0.939. The van der Waals surface area contributed by atoms with E-state index in [4.69, 9.17) is 9.47 Å². The number of aromatic nitrogens is 2. The van der Waals surface area contributed by atoms with Crippen molar-refractivity contribution in [3.63, 3.8) is 0 Å². The number of hydrogen-bond donors (Lipinski definition) is 1. The Hall–Kier alpha value is -2.50. The van der Waals surface area contributed by atoms with E-state index in [0.717, 1.165) is 18.5 Å². The number of anilines is 1. The molecule has 0 spiro atoms. The zero-order chi connectivity index (χ0) is 16.5. The van der Waals surface area contributed by atoms with Crippen molar-refractivity contribution in [3.05, 3.63) is 35.7 Å². The zero-order valence-electron chi connectivity index (χ0n) is 13.7. The Morgan fingerprint density at radius 2 is 1.96 bits per heavy atom. The third-order valence-electron chi connectivity index (χ3n) is 4.76. The fraction of sp³-hybridized carbons (Fsp3) is 0.444. The van der Waals surface area contributed by atoms with Crippen molar-refractivity contribution in [2.75, 3.05) is 18.5 Å². The van der Waals surface area contributed by atoms with Gasteiger partial charge in [0.1, 0.15) is 13.2 Å². The van der Waals surface area contributed by atoms with Gasteiger partial charge in [-0.05, 0) is 31.9 Å². The van der Waals surface area contributed by atoms with E-state index in [9.17, 15) is 4.79 Å². The second kappa shape index (κ2) is 6.19. The van der Waals surface area contributed by atoms with E-state index in [-0.39, 0.29) is 5.91 Å². The van der Waals surface area contributed by atoms with Crippen molar-refractivity contribution in [3.8, 4) is 11.5 Å². The van der Waals surface area contributed by atoms with Crippen LogP contribution in [0.15, 0.2) is 24.4 Å². The van der Waals surface area contributed by atoms with E-state index in [0.29, 0.717) is 42.0 Å². The summed E-state index contributed by atoms with van der Waals surface area (Å²) < 4.78 is 13.1. The summed E-state index contributed by atoms with van der Waals surface area (Å²) in [7, 11) is 0. The Morgan fingerprint density at radius 1 is 1.21 bits per heavy atom. The summed E-state index contributed by atoms with van der Waals surface area (Å²) in [5.74, 6) is 1.23. The minimum absolute atomic E-state index is 0.145. The van der Waals surface area contributed by atoms with Gasteiger partial charge in [0.15, 0.2) is 11.5 Å². The summed E-state index contributed by atoms with van der Waals surface area (Å²) in [6, 6.07) is 5.87. The molecule has 1 fully saturated rings. The minimum atomic E-state index is -0.145. The minimum Gasteiger partial charge on any atom is -0.486 e. The van der Waals surface area contributed by atoms with Gasteiger partial charge in [0.2, 0.25) is 0 Å². The van der Waals surface area contributed by atoms with Crippen LogP contribution < -0.4 is 14.8 Å². The summed E-state index contributed by atoms with van der Waals surface area (Å²) in [6.07, 6.45) is 6.43. The molecule has 1 aliphatic carbocycles. The number of fused-ring (bicyclic) bond motifs is 1. The van der Waals surface area contributed by atoms with Gasteiger partial charge in [-0.1, -0.05) is 12.8 Å². The van der Waals surface area contributed by atoms with E-state index in [1.54, 1.807) is 12.3 Å². The van der Waals surface area contributed by atoms with E-state index < -0.39 is 0 Å². The van der Waals surface area contributed by atoms with Gasteiger partial charge in [0.05, 0.1) is 17.8 Å². The molecule has 6 heteroatoms. The van der Waals surface area contributed by atoms with Crippen LogP contribution in [0.3, 0.4) is 0 Å². The highest BCUT2D eigenvalue weighted by Gasteiger charge is 2.23. The largest absolute Gasteiger partial charge is 0.486 e. The molecule has 1 aliphatic heterocycles. The Labute approximate surface area is 140 Å². The fourth-order valence-electron chi connectivity index (χ4n) is 3.48. The Bertz CT molecular complexity index is 763. The lowest BCUT2D eigenvalue weighted by molar-refractivity contribution is 0.102. The van der Waals surface area contributed by atoms with Crippen LogP contribution in [-0.2, 0) is 0 Å². The molecule has 1 aromatic heterocycles. The molecule has 0 saturated heterocycles. The van der Waals surface area contributed by atoms with Gasteiger partial charge >= 0.3 is 0 Å². The predicted octanol–water partition coefficient (Wildman–Crippen LogP) is 3.33. The third kappa shape index (κ3) is 2.72. The highest BCUT2D eigenvalue weighted by Crippen LogP contribution is 2.33. The van der Waals surface area contributed by atoms with Gasteiger partial charge < -0.3 is 14.8 Å². The Morgan fingerprint density at radius 3 is 2.75 bits per heavy atom. The van der Waals surface area contributed by atoms with Crippen LogP contribution in [0, 0.1) is 6.92 Å². The Balaban J connectivity index is 1.52. The second-order valence-electron chi connectivity index (χ2n) is 6.34. The molecule has 126 valence electrons. The van der Waals surface area contributed by atoms with Gasteiger partial charge in [-0.2, -0.15) is 5.10 Å². The van der Waals surface area contributed by atoms with E-state index >= 15 is 0 Å². The first-order valence-corrected chi connectivity index (χ1v) is 8.47. The molecule has 0 unspecified atom stereocenters. The number of carbonyl (C=O) groups excluding carboxylic acids is 1. The van der Waals surface area contributed by atoms with Crippen LogP contribution in [0.1, 0.15) is 47.8 Å². The maximum Gasteiger partial charge on any atom is 0.259 e. The molecule has 2 aromatic rings. The first-order chi connectivity index (χ1) is 11.7. The first kappa shape index (κ1) is 15.1. The Kier molecular flexibility index (Phi) is 3.88. The number of benzene rings is 1. The zero-order valence-corrected chi connectivity index (χ0v) is 13.7. The molecule has 0 atom stereocenters. The molecular formula is C18H21N3O3. The van der Waals surface area contributed by atoms with Crippen molar-refractivity contribution in [1.29, 1.82) is 0 Å². The molecular weight excluding hydrogens is 306 g/mol. The molecule has 0 bridgehead atoms. The summed E-state index contributed by atoms with van der Waals surface area (Å²) in [5, 5.41) is 7.37. The van der Waals surface area contributed by atoms with Crippen LogP contribution in [0.25, 0.3) is 0 Å². The third-order valence-corrected chi connectivity index (χ3v) is 4.76. The van der Waals surface area contributed by atoms with Gasteiger partial charge in [-0.25, -0.2) is 0 Å². The molecule has 1 amide bonds. The van der Waals surface area contributed by atoms with Crippen molar-refractivity contribution < 1.29 is 14.3 Å². The van der Waals surface area contributed by atoms with Gasteiger partial charge in [0, 0.05) is 17.4 Å². The average Bonchev–Trinajstić information content (AvgIpc) is 3.24. The smallest absolute Gasteiger partial charge is 0.259 e. The van der Waals surface area contributed by atoms with Gasteiger partial charge in [-0.15, -0.1) is 0 Å². The number of hydrogen-bond acceptors (Lipinski definition) is 4. The number of carbonyl (C=O) groups is 1. The predicted molar refractivity (Wildman–Crippen MR) is 89.9 cm³/mol. The number of ether oxygens (including phenoxy) is 2. The molecule has 1 saturated carbocycles. The molecule has 1 aromatic carbocycles. The number of rotatable bonds is 3. The number of nitrogens with one attached hydrogen (secondary N) is 1. The van der Waals surface area contributed by atoms with Crippen LogP contribution in [0.4, 0.5) is 5.69 Å². The summed E-state index contributed by atoms with van der Waals surface area (Å²) in [4.78, 5) is 12.6. The SMILES string of the molecule is Cc1c(C(=O)Nc2ccc3c(c2)OCCO3)cnn1C1CCCC1. The summed E-state index contributed by atoms with van der Waals surface area (Å²) in [6.45, 7) is 3.04. The van der Waals surface area contributed by atoms with E-state index in [2.05, 4.69) is 10.4 Å². The molecule has 2 aliphatic rings. The molecule has 2 heterocycles. The van der Waals surface area contributed by atoms with Crippen LogP contribution in [0.2, 0.25) is 0 Å². The standard InChI is InChI=1S/C18H21N3O3/c1-12-15(11-19-21(12)14-4-2-3-5-14)18(22)20-13-6-7-16-17(10-13)24-9-8-23-16/h6-7,10-11,14H,2-5,8-9H2,1H3,(H,20,22). The van der Waals surface area contributed by atoms with Crippen molar-refractivity contribution >= 4 is 11.6 Å². The maximum absolute atomic E-state index is 12.6. The molecule has 6 nitrogen and oxygen atoms in total. The van der Waals surface area contributed by atoms with Crippen molar-refractivity contribution in [2.45, 2.75) is 38.6 Å². The molecule has 0 radical (unpaired) electrons. The normalized spacial score (nSPS) is 17.0. The van der Waals surface area contributed by atoms with Gasteiger partial charge in [-0.3, -0.25) is 9.48 Å². The highest BCUT2D eigenvalue weighted by atomic mass is 16.6. The maximum atomic E-state index is 12.6. The van der Waals surface area contributed by atoms with Crippen LogP contribution >= 0.6 is 0 Å². The molecule has 4 rings (SSSR count). The topological polar surface area (TPSA) is 65.4 Å². The second-order valence-corrected chi connectivity index (χ2v) is 6.34. The first-order valence-electron chi connectivity index (χ1n) is 8.47. The van der Waals surface area contributed by atoms with E-state index in [1.165, 1.54) is 12.8 Å².